The first-order chi connectivity index (χ1) is 16.5. The molecule has 0 aliphatic rings. The highest BCUT2D eigenvalue weighted by molar-refractivity contribution is 7.92. The van der Waals surface area contributed by atoms with Crippen molar-refractivity contribution in [2.75, 3.05) is 31.3 Å². The molecular weight excluding hydrogens is 492 g/mol. The molecule has 0 saturated heterocycles. The molecule has 0 fully saturated rings. The highest BCUT2D eigenvalue weighted by atomic mass is 35.5. The van der Waals surface area contributed by atoms with Crippen molar-refractivity contribution in [3.63, 3.8) is 0 Å². The fourth-order valence-electron chi connectivity index (χ4n) is 3.63. The van der Waals surface area contributed by atoms with Crippen LogP contribution in [0.15, 0.2) is 53.6 Å². The lowest BCUT2D eigenvalue weighted by Gasteiger charge is -2.22. The van der Waals surface area contributed by atoms with E-state index in [0.717, 1.165) is 33.2 Å². The van der Waals surface area contributed by atoms with E-state index < -0.39 is 22.5 Å². The number of anilines is 1. The van der Waals surface area contributed by atoms with Gasteiger partial charge in [-0.2, -0.15) is 5.10 Å². The molecule has 3 aromatic rings. The molecule has 1 N–H and O–H groups in total. The Hall–Kier alpha value is -3.50. The van der Waals surface area contributed by atoms with E-state index in [1.54, 1.807) is 6.07 Å². The summed E-state index contributed by atoms with van der Waals surface area (Å²) in [6.07, 6.45) is 2.54. The van der Waals surface area contributed by atoms with Gasteiger partial charge in [-0.3, -0.25) is 9.10 Å². The summed E-state index contributed by atoms with van der Waals surface area (Å²) >= 11 is 5.99. The predicted octanol–water partition coefficient (Wildman–Crippen LogP) is 3.68. The molecule has 0 unspecified atom stereocenters. The zero-order valence-corrected chi connectivity index (χ0v) is 21.6. The number of aryl methyl sites for hydroxylation is 1. The first-order valence-electron chi connectivity index (χ1n) is 10.5. The van der Waals surface area contributed by atoms with E-state index in [1.165, 1.54) is 32.6 Å². The van der Waals surface area contributed by atoms with Crippen LogP contribution in [0.3, 0.4) is 0 Å². The molecule has 0 bridgehead atoms. The monoisotopic (exact) mass is 518 g/mol. The van der Waals surface area contributed by atoms with Crippen LogP contribution in [0.25, 0.3) is 5.69 Å². The highest BCUT2D eigenvalue weighted by Gasteiger charge is 2.22. The van der Waals surface area contributed by atoms with Crippen molar-refractivity contribution in [3.05, 3.63) is 70.5 Å². The summed E-state index contributed by atoms with van der Waals surface area (Å²) in [6, 6.07) is 14.0. The lowest BCUT2D eigenvalue weighted by molar-refractivity contribution is -0.119. The smallest absolute Gasteiger partial charge is 0.260 e. The predicted molar refractivity (Wildman–Crippen MR) is 138 cm³/mol. The second-order valence-corrected chi connectivity index (χ2v) is 10.1. The van der Waals surface area contributed by atoms with Gasteiger partial charge in [0.15, 0.2) is 11.5 Å². The van der Waals surface area contributed by atoms with Crippen LogP contribution in [0.1, 0.15) is 17.0 Å². The first kappa shape index (κ1) is 26.1. The van der Waals surface area contributed by atoms with Gasteiger partial charge >= 0.3 is 0 Å². The lowest BCUT2D eigenvalue weighted by atomic mass is 10.2. The normalized spacial score (nSPS) is 11.5. The molecule has 2 aromatic carbocycles. The van der Waals surface area contributed by atoms with Gasteiger partial charge in [0.1, 0.15) is 6.54 Å². The van der Waals surface area contributed by atoms with Crippen LogP contribution in [0.4, 0.5) is 5.69 Å². The van der Waals surface area contributed by atoms with E-state index >= 15 is 0 Å². The first-order valence-corrected chi connectivity index (χ1v) is 12.7. The van der Waals surface area contributed by atoms with Gasteiger partial charge in [0.25, 0.3) is 5.91 Å². The molecule has 0 aliphatic heterocycles. The van der Waals surface area contributed by atoms with Crippen LogP contribution in [-0.2, 0) is 14.8 Å². The molecule has 0 radical (unpaired) electrons. The number of sulfonamides is 1. The minimum atomic E-state index is -3.77. The summed E-state index contributed by atoms with van der Waals surface area (Å²) in [5, 5.41) is 4.68. The quantitative estimate of drug-likeness (QED) is 0.344. The van der Waals surface area contributed by atoms with Gasteiger partial charge in [-0.1, -0.05) is 11.6 Å². The van der Waals surface area contributed by atoms with Crippen molar-refractivity contribution >= 4 is 39.4 Å². The molecule has 0 atom stereocenters. The average molecular weight is 519 g/mol. The summed E-state index contributed by atoms with van der Waals surface area (Å²) in [7, 11) is -0.847. The van der Waals surface area contributed by atoms with Crippen molar-refractivity contribution in [1.29, 1.82) is 0 Å². The summed E-state index contributed by atoms with van der Waals surface area (Å²) in [6.45, 7) is 3.44. The molecule has 3 rings (SSSR count). The number of ether oxygens (including phenoxy) is 2. The minimum Gasteiger partial charge on any atom is -0.493 e. The second-order valence-electron chi connectivity index (χ2n) is 7.74. The van der Waals surface area contributed by atoms with E-state index in [2.05, 4.69) is 10.5 Å². The summed E-state index contributed by atoms with van der Waals surface area (Å²) in [5.74, 6) is 0.177. The van der Waals surface area contributed by atoms with E-state index in [1.807, 2.05) is 48.7 Å². The Bertz CT molecular complexity index is 1350. The molecule has 11 heteroatoms. The van der Waals surface area contributed by atoms with Crippen molar-refractivity contribution in [2.24, 2.45) is 5.10 Å². The molecule has 0 aliphatic carbocycles. The molecular formula is C24H27ClN4O5S. The van der Waals surface area contributed by atoms with Gasteiger partial charge in [0.2, 0.25) is 10.0 Å². The molecule has 1 heterocycles. The number of carbonyl (C=O) groups excluding carboxylic acids is 1. The largest absolute Gasteiger partial charge is 0.493 e. The average Bonchev–Trinajstić information content (AvgIpc) is 3.09. The van der Waals surface area contributed by atoms with Gasteiger partial charge in [-0.15, -0.1) is 0 Å². The zero-order valence-electron chi connectivity index (χ0n) is 20.1. The van der Waals surface area contributed by atoms with Crippen molar-refractivity contribution in [3.8, 4) is 17.2 Å². The minimum absolute atomic E-state index is 0.260. The number of carbonyl (C=O) groups is 1. The maximum atomic E-state index is 12.5. The van der Waals surface area contributed by atoms with Crippen LogP contribution >= 0.6 is 11.6 Å². The standard InChI is InChI=1S/C24H27ClN4O5S/c1-16-12-18(17(2)29(16)20-8-6-19(25)7-9-20)14-26-27-24(30)15-28(35(5,31)32)21-10-11-22(33-3)23(13-21)34-4/h6-14H,15H2,1-5H3,(H,27,30)/b26-14-. The summed E-state index contributed by atoms with van der Waals surface area (Å²) in [4.78, 5) is 12.5. The third-order valence-electron chi connectivity index (χ3n) is 5.29. The van der Waals surface area contributed by atoms with Crippen LogP contribution < -0.4 is 19.2 Å². The highest BCUT2D eigenvalue weighted by Crippen LogP contribution is 2.32. The van der Waals surface area contributed by atoms with Gasteiger partial charge in [-0.05, 0) is 56.3 Å². The summed E-state index contributed by atoms with van der Waals surface area (Å²) < 4.78 is 38.2. The fourth-order valence-corrected chi connectivity index (χ4v) is 4.60. The number of rotatable bonds is 9. The number of halogens is 1. The molecule has 1 amide bonds. The third kappa shape index (κ3) is 6.14. The van der Waals surface area contributed by atoms with Crippen molar-refractivity contribution in [2.45, 2.75) is 13.8 Å². The van der Waals surface area contributed by atoms with Crippen LogP contribution in [-0.4, -0.2) is 52.1 Å². The number of hydrazone groups is 1. The number of hydrogen-bond donors (Lipinski definition) is 1. The molecule has 9 nitrogen and oxygen atoms in total. The van der Waals surface area contributed by atoms with E-state index in [0.29, 0.717) is 16.5 Å². The number of nitrogens with one attached hydrogen (secondary N) is 1. The number of methoxy groups -OCH3 is 2. The number of hydrogen-bond acceptors (Lipinski definition) is 6. The Morgan fingerprint density at radius 3 is 2.34 bits per heavy atom. The number of amides is 1. The molecule has 0 spiro atoms. The second kappa shape index (κ2) is 10.8. The van der Waals surface area contributed by atoms with E-state index in [4.69, 9.17) is 21.1 Å². The molecule has 186 valence electrons. The Kier molecular flexibility index (Phi) is 8.08. The SMILES string of the molecule is COc1ccc(N(CC(=O)N/N=C\c2cc(C)n(-c3ccc(Cl)cc3)c2C)S(C)(=O)=O)cc1OC. The topological polar surface area (TPSA) is 102 Å². The maximum Gasteiger partial charge on any atom is 0.260 e. The zero-order chi connectivity index (χ0) is 25.8. The van der Waals surface area contributed by atoms with Gasteiger partial charge < -0.3 is 14.0 Å². The third-order valence-corrected chi connectivity index (χ3v) is 6.68. The molecule has 35 heavy (non-hydrogen) atoms. The Morgan fingerprint density at radius 1 is 1.09 bits per heavy atom. The number of aromatic nitrogens is 1. The van der Waals surface area contributed by atoms with Crippen LogP contribution in [0.2, 0.25) is 5.02 Å². The summed E-state index contributed by atoms with van der Waals surface area (Å²) in [5.41, 5.74) is 6.32. The van der Waals surface area contributed by atoms with Crippen molar-refractivity contribution < 1.29 is 22.7 Å². The Balaban J connectivity index is 1.76. The van der Waals surface area contributed by atoms with E-state index in [9.17, 15) is 13.2 Å². The Morgan fingerprint density at radius 2 is 1.74 bits per heavy atom. The van der Waals surface area contributed by atoms with E-state index in [-0.39, 0.29) is 5.69 Å². The lowest BCUT2D eigenvalue weighted by Crippen LogP contribution is -2.39. The van der Waals surface area contributed by atoms with Crippen LogP contribution in [0, 0.1) is 13.8 Å². The van der Waals surface area contributed by atoms with Crippen molar-refractivity contribution in [1.82, 2.24) is 9.99 Å². The van der Waals surface area contributed by atoms with Gasteiger partial charge in [-0.25, -0.2) is 13.8 Å². The van der Waals surface area contributed by atoms with Gasteiger partial charge in [0, 0.05) is 33.7 Å². The fraction of sp³-hybridized carbons (Fsp3) is 0.250. The van der Waals surface area contributed by atoms with Crippen LogP contribution in [0.5, 0.6) is 11.5 Å². The molecule has 1 aromatic heterocycles. The molecule has 0 saturated carbocycles. The number of benzene rings is 2. The number of nitrogens with zero attached hydrogens (tertiary/aromatic N) is 3. The maximum absolute atomic E-state index is 12.5. The van der Waals surface area contributed by atoms with Gasteiger partial charge in [0.05, 0.1) is 32.4 Å². The Labute approximate surface area is 210 Å².